The van der Waals surface area contributed by atoms with Gasteiger partial charge in [-0.2, -0.15) is 28.2 Å². The number of alkyl halides is 3. The van der Waals surface area contributed by atoms with Gasteiger partial charge in [0.05, 0.1) is 18.0 Å². The molecule has 3 N–H and O–H groups in total. The Balaban J connectivity index is 1.28. The van der Waals surface area contributed by atoms with Gasteiger partial charge < -0.3 is 25.4 Å². The molecule has 2 aliphatic rings. The Morgan fingerprint density at radius 3 is 2.51 bits per heavy atom. The van der Waals surface area contributed by atoms with Gasteiger partial charge in [0.25, 0.3) is 0 Å². The molecule has 2 aliphatic heterocycles. The van der Waals surface area contributed by atoms with Crippen LogP contribution in [0.2, 0.25) is 0 Å². The number of carbonyl (C=O) groups is 1. The molecule has 10 nitrogen and oxygen atoms in total. The van der Waals surface area contributed by atoms with Crippen LogP contribution in [0.15, 0.2) is 60.8 Å². The number of aryl methyl sites for hydroxylation is 1. The molecule has 0 unspecified atom stereocenters. The number of nitrogens with two attached hydrogens (primary N) is 1. The lowest BCUT2D eigenvalue weighted by Gasteiger charge is -2.39. The summed E-state index contributed by atoms with van der Waals surface area (Å²) in [6.07, 6.45) is -3.35. The highest BCUT2D eigenvalue weighted by atomic mass is 19.4. The van der Waals surface area contributed by atoms with Crippen LogP contribution in [0.5, 0.6) is 5.88 Å². The topological polar surface area (TPSA) is 120 Å². The fraction of sp³-hybridized carbons (Fsp3) is 0.444. The lowest BCUT2D eigenvalue weighted by Crippen LogP contribution is -2.41. The molecule has 2 atom stereocenters. The zero-order valence-electron chi connectivity index (χ0n) is 28.1. The number of hydrogen-bond acceptors (Lipinski definition) is 9. The standard InChI is InChI=1S/C36H42F3N7O3/c1-5-48-33(47)28-20-35(21-41-28)12-15-45(16-13-35)30-19-31(43-34(40)42-30)49-32(36(37,38)39)27-10-9-26(18-29(27)46-14-11-23(4)44-46)25-8-6-7-24(17-25)22(2)3/h6-11,14,17-19,22,28,32,41H,5,12-13,15-16,20-21H2,1-4H3,(H2,40,42,43)/t28-,32+/m0/s1. The predicted octanol–water partition coefficient (Wildman–Crippen LogP) is 6.54. The number of halogens is 3. The first kappa shape index (κ1) is 34.2. The van der Waals surface area contributed by atoms with Crippen LogP contribution in [0.25, 0.3) is 16.8 Å². The normalized spacial score (nSPS) is 18.2. The Labute approximate surface area is 283 Å². The monoisotopic (exact) mass is 677 g/mol. The first-order valence-electron chi connectivity index (χ1n) is 16.6. The zero-order chi connectivity index (χ0) is 34.9. The highest BCUT2D eigenvalue weighted by Gasteiger charge is 2.46. The highest BCUT2D eigenvalue weighted by Crippen LogP contribution is 2.43. The summed E-state index contributed by atoms with van der Waals surface area (Å²) in [7, 11) is 0. The second kappa shape index (κ2) is 13.7. The smallest absolute Gasteiger partial charge is 0.429 e. The van der Waals surface area contributed by atoms with Gasteiger partial charge in [0.2, 0.25) is 17.9 Å². The average molecular weight is 678 g/mol. The summed E-state index contributed by atoms with van der Waals surface area (Å²) in [6, 6.07) is 15.6. The van der Waals surface area contributed by atoms with Crippen molar-refractivity contribution in [2.24, 2.45) is 5.41 Å². The summed E-state index contributed by atoms with van der Waals surface area (Å²) in [5, 5.41) is 7.74. The molecule has 4 aromatic rings. The van der Waals surface area contributed by atoms with E-state index >= 15 is 0 Å². The van der Waals surface area contributed by atoms with Crippen molar-refractivity contribution in [2.75, 3.05) is 36.9 Å². The third-order valence-electron chi connectivity index (χ3n) is 9.49. The maximum Gasteiger partial charge on any atom is 0.429 e. The number of aromatic nitrogens is 4. The molecule has 0 saturated carbocycles. The molecule has 2 aromatic heterocycles. The number of nitrogens with one attached hydrogen (secondary N) is 1. The molecular weight excluding hydrogens is 635 g/mol. The van der Waals surface area contributed by atoms with Gasteiger partial charge in [0, 0.05) is 37.5 Å². The van der Waals surface area contributed by atoms with Crippen molar-refractivity contribution < 1.29 is 27.4 Å². The quantitative estimate of drug-likeness (QED) is 0.190. The van der Waals surface area contributed by atoms with Gasteiger partial charge in [0.1, 0.15) is 11.9 Å². The number of anilines is 2. The van der Waals surface area contributed by atoms with E-state index in [2.05, 4.69) is 34.2 Å². The van der Waals surface area contributed by atoms with Crippen LogP contribution < -0.4 is 20.7 Å². The Morgan fingerprint density at radius 2 is 1.84 bits per heavy atom. The third-order valence-corrected chi connectivity index (χ3v) is 9.49. The first-order chi connectivity index (χ1) is 23.3. The Kier molecular flexibility index (Phi) is 9.56. The van der Waals surface area contributed by atoms with Crippen LogP contribution >= 0.6 is 0 Å². The fourth-order valence-corrected chi connectivity index (χ4v) is 6.77. The molecule has 13 heteroatoms. The van der Waals surface area contributed by atoms with Crippen molar-refractivity contribution in [1.82, 2.24) is 25.1 Å². The molecule has 2 saturated heterocycles. The molecule has 0 aliphatic carbocycles. The largest absolute Gasteiger partial charge is 0.465 e. The van der Waals surface area contributed by atoms with Gasteiger partial charge in [0.15, 0.2) is 0 Å². The minimum Gasteiger partial charge on any atom is -0.465 e. The number of hydrogen-bond donors (Lipinski definition) is 2. The third kappa shape index (κ3) is 7.51. The van der Waals surface area contributed by atoms with Gasteiger partial charge in [-0.05, 0) is 73.3 Å². The first-order valence-corrected chi connectivity index (χ1v) is 16.6. The van der Waals surface area contributed by atoms with Crippen molar-refractivity contribution in [2.45, 2.75) is 71.2 Å². The molecule has 0 radical (unpaired) electrons. The number of carbonyl (C=O) groups excluding carboxylic acids is 1. The van der Waals surface area contributed by atoms with E-state index in [0.29, 0.717) is 44.2 Å². The van der Waals surface area contributed by atoms with E-state index in [9.17, 15) is 18.0 Å². The van der Waals surface area contributed by atoms with Crippen LogP contribution in [0.1, 0.15) is 68.9 Å². The van der Waals surface area contributed by atoms with Crippen molar-refractivity contribution in [3.63, 3.8) is 0 Å². The molecule has 4 heterocycles. The lowest BCUT2D eigenvalue weighted by molar-refractivity contribution is -0.198. The SMILES string of the molecule is CCOC(=O)[C@@H]1CC2(CCN(c3cc(O[C@H](c4ccc(-c5cccc(C(C)C)c5)cc4-n4ccc(C)n4)C(F)(F)F)nc(N)n3)CC2)CN1. The van der Waals surface area contributed by atoms with Gasteiger partial charge in [-0.3, -0.25) is 4.79 Å². The number of nitrogens with zero attached hydrogens (tertiary/aromatic N) is 5. The van der Waals surface area contributed by atoms with E-state index in [-0.39, 0.29) is 46.4 Å². The molecule has 0 amide bonds. The number of rotatable bonds is 9. The van der Waals surface area contributed by atoms with E-state index in [4.69, 9.17) is 15.2 Å². The summed E-state index contributed by atoms with van der Waals surface area (Å²) in [5.41, 5.74) is 9.49. The molecule has 49 heavy (non-hydrogen) atoms. The second-order valence-electron chi connectivity index (χ2n) is 13.3. The van der Waals surface area contributed by atoms with Crippen molar-refractivity contribution in [3.05, 3.63) is 77.6 Å². The number of nitrogen functional groups attached to an aromatic ring is 1. The van der Waals surface area contributed by atoms with Crippen LogP contribution in [0.3, 0.4) is 0 Å². The Morgan fingerprint density at radius 1 is 1.08 bits per heavy atom. The minimum absolute atomic E-state index is 0.0727. The van der Waals surface area contributed by atoms with Crippen molar-refractivity contribution in [1.29, 1.82) is 0 Å². The van der Waals surface area contributed by atoms with E-state index in [0.717, 1.165) is 29.5 Å². The van der Waals surface area contributed by atoms with E-state index in [1.807, 2.05) is 29.2 Å². The van der Waals surface area contributed by atoms with Gasteiger partial charge in [-0.15, -0.1) is 0 Å². The van der Waals surface area contributed by atoms with Crippen LogP contribution in [-0.2, 0) is 9.53 Å². The molecule has 2 aromatic carbocycles. The van der Waals surface area contributed by atoms with E-state index in [1.54, 1.807) is 38.2 Å². The summed E-state index contributed by atoms with van der Waals surface area (Å²) in [5.74, 6) is -0.0509. The van der Waals surface area contributed by atoms with Crippen molar-refractivity contribution in [3.8, 4) is 22.7 Å². The van der Waals surface area contributed by atoms with E-state index in [1.165, 1.54) is 16.8 Å². The Hall–Kier alpha value is -4.65. The van der Waals surface area contributed by atoms with Gasteiger partial charge in [-0.1, -0.05) is 50.2 Å². The van der Waals surface area contributed by atoms with Gasteiger partial charge >= 0.3 is 12.1 Å². The second-order valence-corrected chi connectivity index (χ2v) is 13.3. The Bertz CT molecular complexity index is 1800. The number of esters is 1. The maximum absolute atomic E-state index is 14.9. The molecular formula is C36H42F3N7O3. The predicted molar refractivity (Wildman–Crippen MR) is 181 cm³/mol. The number of benzene rings is 2. The number of ether oxygens (including phenoxy) is 2. The summed E-state index contributed by atoms with van der Waals surface area (Å²) in [4.78, 5) is 22.7. The molecule has 260 valence electrons. The van der Waals surface area contributed by atoms with Crippen molar-refractivity contribution >= 4 is 17.7 Å². The fourth-order valence-electron chi connectivity index (χ4n) is 6.77. The summed E-state index contributed by atoms with van der Waals surface area (Å²) in [6.45, 7) is 9.93. The van der Waals surface area contributed by atoms with Crippen LogP contribution in [-0.4, -0.2) is 64.2 Å². The molecule has 2 fully saturated rings. The molecule has 0 bridgehead atoms. The van der Waals surface area contributed by atoms with Gasteiger partial charge in [-0.25, -0.2) is 4.68 Å². The van der Waals surface area contributed by atoms with E-state index < -0.39 is 12.3 Å². The van der Waals surface area contributed by atoms with Crippen LogP contribution in [0, 0.1) is 12.3 Å². The van der Waals surface area contributed by atoms with Crippen LogP contribution in [0.4, 0.5) is 24.9 Å². The molecule has 6 rings (SSSR count). The summed E-state index contributed by atoms with van der Waals surface area (Å²) < 4.78 is 57.2. The molecule has 1 spiro atoms. The lowest BCUT2D eigenvalue weighted by atomic mass is 9.76. The highest BCUT2D eigenvalue weighted by molar-refractivity contribution is 5.76. The maximum atomic E-state index is 14.9. The summed E-state index contributed by atoms with van der Waals surface area (Å²) >= 11 is 0. The zero-order valence-corrected chi connectivity index (χ0v) is 28.1. The average Bonchev–Trinajstić information content (AvgIpc) is 3.69. The minimum atomic E-state index is -4.81. The number of piperidine rings is 1.